The van der Waals surface area contributed by atoms with Crippen LogP contribution in [-0.2, 0) is 6.42 Å². The highest BCUT2D eigenvalue weighted by molar-refractivity contribution is 9.10. The van der Waals surface area contributed by atoms with E-state index >= 15 is 0 Å². The van der Waals surface area contributed by atoms with Crippen molar-refractivity contribution >= 4 is 38.9 Å². The third-order valence-corrected chi connectivity index (χ3v) is 4.08. The Balaban J connectivity index is 1.92. The maximum absolute atomic E-state index is 12.0. The van der Waals surface area contributed by atoms with Gasteiger partial charge in [0.1, 0.15) is 0 Å². The van der Waals surface area contributed by atoms with E-state index in [4.69, 9.17) is 5.73 Å². The Morgan fingerprint density at radius 1 is 1.53 bits per heavy atom. The van der Waals surface area contributed by atoms with E-state index in [0.29, 0.717) is 17.8 Å². The fraction of sp³-hybridized carbons (Fsp3) is 0.231. The number of aryl methyl sites for hydroxylation is 1. The van der Waals surface area contributed by atoms with Gasteiger partial charge in [-0.2, -0.15) is 0 Å². The normalized spacial score (nSPS) is 10.4. The van der Waals surface area contributed by atoms with Crippen LogP contribution in [0.2, 0.25) is 0 Å². The first-order valence-electron chi connectivity index (χ1n) is 5.80. The predicted molar refractivity (Wildman–Crippen MR) is 81.4 cm³/mol. The highest BCUT2D eigenvalue weighted by Crippen LogP contribution is 2.19. The Morgan fingerprint density at radius 2 is 2.32 bits per heavy atom. The largest absolute Gasteiger partial charge is 0.399 e. The third-order valence-electron chi connectivity index (χ3n) is 2.57. The molecular weight excluding hydrogens is 326 g/mol. The van der Waals surface area contributed by atoms with Crippen molar-refractivity contribution in [3.63, 3.8) is 0 Å². The van der Waals surface area contributed by atoms with E-state index in [1.54, 1.807) is 29.5 Å². The lowest BCUT2D eigenvalue weighted by Gasteiger charge is -2.07. The molecule has 2 aromatic rings. The van der Waals surface area contributed by atoms with Gasteiger partial charge in [-0.15, -0.1) is 11.3 Å². The molecule has 0 unspecified atom stereocenters. The molecule has 0 spiro atoms. The standard InChI is InChI=1S/C13H14BrN3OS/c1-8-17-10(7-19-8)4-5-16-13(18)11-6-9(15)2-3-12(11)14/h2-3,6-7H,4-5,15H2,1H3,(H,16,18). The van der Waals surface area contributed by atoms with Crippen molar-refractivity contribution in [3.8, 4) is 0 Å². The summed E-state index contributed by atoms with van der Waals surface area (Å²) in [6, 6.07) is 5.18. The SMILES string of the molecule is Cc1nc(CCNC(=O)c2cc(N)ccc2Br)cs1. The highest BCUT2D eigenvalue weighted by Gasteiger charge is 2.10. The van der Waals surface area contributed by atoms with Crippen molar-refractivity contribution in [2.75, 3.05) is 12.3 Å². The molecule has 2 rings (SSSR count). The zero-order valence-corrected chi connectivity index (χ0v) is 12.8. The number of aromatic nitrogens is 1. The predicted octanol–water partition coefficient (Wildman–Crippen LogP) is 2.77. The van der Waals surface area contributed by atoms with Crippen LogP contribution in [0.4, 0.5) is 5.69 Å². The van der Waals surface area contributed by atoms with Crippen LogP contribution in [0.3, 0.4) is 0 Å². The van der Waals surface area contributed by atoms with Crippen LogP contribution in [0, 0.1) is 6.92 Å². The number of nitrogen functional groups attached to an aromatic ring is 1. The number of rotatable bonds is 4. The van der Waals surface area contributed by atoms with E-state index < -0.39 is 0 Å². The summed E-state index contributed by atoms with van der Waals surface area (Å²) in [6.45, 7) is 2.53. The molecule has 0 atom stereocenters. The van der Waals surface area contributed by atoms with Crippen LogP contribution < -0.4 is 11.1 Å². The minimum absolute atomic E-state index is 0.133. The lowest BCUT2D eigenvalue weighted by Crippen LogP contribution is -2.26. The zero-order valence-electron chi connectivity index (χ0n) is 10.4. The van der Waals surface area contributed by atoms with Crippen LogP contribution in [0.5, 0.6) is 0 Å². The summed E-state index contributed by atoms with van der Waals surface area (Å²) in [6.07, 6.45) is 0.732. The summed E-state index contributed by atoms with van der Waals surface area (Å²) >= 11 is 4.96. The molecule has 6 heteroatoms. The van der Waals surface area contributed by atoms with Crippen LogP contribution in [0.15, 0.2) is 28.1 Å². The minimum atomic E-state index is -0.133. The first-order valence-corrected chi connectivity index (χ1v) is 7.48. The number of benzene rings is 1. The Morgan fingerprint density at radius 3 is 3.00 bits per heavy atom. The number of thiazole rings is 1. The van der Waals surface area contributed by atoms with Crippen LogP contribution >= 0.6 is 27.3 Å². The van der Waals surface area contributed by atoms with Gasteiger partial charge in [0.25, 0.3) is 5.91 Å². The number of hydrogen-bond acceptors (Lipinski definition) is 4. The molecule has 19 heavy (non-hydrogen) atoms. The second-order valence-corrected chi connectivity index (χ2v) is 6.02. The van der Waals surface area contributed by atoms with Crippen molar-refractivity contribution in [3.05, 3.63) is 44.3 Å². The molecule has 1 aromatic carbocycles. The molecule has 4 nitrogen and oxygen atoms in total. The fourth-order valence-electron chi connectivity index (χ4n) is 1.64. The lowest BCUT2D eigenvalue weighted by atomic mass is 10.2. The van der Waals surface area contributed by atoms with Crippen LogP contribution in [-0.4, -0.2) is 17.4 Å². The van der Waals surface area contributed by atoms with Crippen molar-refractivity contribution < 1.29 is 4.79 Å². The second-order valence-electron chi connectivity index (χ2n) is 4.10. The third kappa shape index (κ3) is 3.78. The van der Waals surface area contributed by atoms with Gasteiger partial charge < -0.3 is 11.1 Å². The van der Waals surface area contributed by atoms with Crippen molar-refractivity contribution in [1.82, 2.24) is 10.3 Å². The maximum Gasteiger partial charge on any atom is 0.252 e. The molecule has 0 bridgehead atoms. The molecule has 0 aliphatic carbocycles. The number of nitrogens with one attached hydrogen (secondary N) is 1. The second kappa shape index (κ2) is 6.16. The summed E-state index contributed by atoms with van der Waals surface area (Å²) in [5, 5.41) is 5.92. The Hall–Kier alpha value is -1.40. The van der Waals surface area contributed by atoms with E-state index in [-0.39, 0.29) is 5.91 Å². The van der Waals surface area contributed by atoms with Gasteiger partial charge in [-0.05, 0) is 41.1 Å². The van der Waals surface area contributed by atoms with Crippen LogP contribution in [0.1, 0.15) is 21.1 Å². The molecule has 0 radical (unpaired) electrons. The average molecular weight is 340 g/mol. The van der Waals surface area contributed by atoms with Gasteiger partial charge in [0.05, 0.1) is 16.3 Å². The molecular formula is C13H14BrN3OS. The summed E-state index contributed by atoms with van der Waals surface area (Å²) < 4.78 is 0.740. The number of carbonyl (C=O) groups is 1. The number of nitrogens with zero attached hydrogens (tertiary/aromatic N) is 1. The van der Waals surface area contributed by atoms with Crippen LogP contribution in [0.25, 0.3) is 0 Å². The number of hydrogen-bond donors (Lipinski definition) is 2. The molecule has 0 fully saturated rings. The molecule has 1 heterocycles. The summed E-state index contributed by atoms with van der Waals surface area (Å²) in [5.41, 5.74) is 7.81. The Kier molecular flexibility index (Phi) is 4.55. The number of nitrogens with two attached hydrogens (primary N) is 1. The van der Waals surface area contributed by atoms with E-state index in [9.17, 15) is 4.79 Å². The molecule has 0 saturated heterocycles. The van der Waals surface area contributed by atoms with E-state index in [0.717, 1.165) is 21.6 Å². The number of amides is 1. The van der Waals surface area contributed by atoms with Gasteiger partial charge in [0.2, 0.25) is 0 Å². The van der Waals surface area contributed by atoms with E-state index in [1.165, 1.54) is 0 Å². The molecule has 0 saturated carbocycles. The summed E-state index contributed by atoms with van der Waals surface area (Å²) in [4.78, 5) is 16.3. The van der Waals surface area contributed by atoms with Crippen molar-refractivity contribution in [1.29, 1.82) is 0 Å². The molecule has 100 valence electrons. The number of carbonyl (C=O) groups excluding carboxylic acids is 1. The summed E-state index contributed by atoms with van der Waals surface area (Å²) in [7, 11) is 0. The van der Waals surface area contributed by atoms with Crippen molar-refractivity contribution in [2.45, 2.75) is 13.3 Å². The van der Waals surface area contributed by atoms with Gasteiger partial charge >= 0.3 is 0 Å². The van der Waals surface area contributed by atoms with Crippen molar-refractivity contribution in [2.24, 2.45) is 0 Å². The van der Waals surface area contributed by atoms with E-state index in [1.807, 2.05) is 12.3 Å². The zero-order chi connectivity index (χ0) is 13.8. The smallest absolute Gasteiger partial charge is 0.252 e. The maximum atomic E-state index is 12.0. The quantitative estimate of drug-likeness (QED) is 0.841. The van der Waals surface area contributed by atoms with Gasteiger partial charge in [0.15, 0.2) is 0 Å². The Bertz CT molecular complexity index is 597. The monoisotopic (exact) mass is 339 g/mol. The van der Waals surface area contributed by atoms with Gasteiger partial charge in [0, 0.05) is 28.5 Å². The average Bonchev–Trinajstić information content (AvgIpc) is 2.78. The van der Waals surface area contributed by atoms with Gasteiger partial charge in [-0.25, -0.2) is 4.98 Å². The molecule has 3 N–H and O–H groups in total. The first kappa shape index (κ1) is 14.0. The lowest BCUT2D eigenvalue weighted by molar-refractivity contribution is 0.0953. The topological polar surface area (TPSA) is 68.0 Å². The highest BCUT2D eigenvalue weighted by atomic mass is 79.9. The van der Waals surface area contributed by atoms with Gasteiger partial charge in [-0.1, -0.05) is 0 Å². The minimum Gasteiger partial charge on any atom is -0.399 e. The number of anilines is 1. The molecule has 1 amide bonds. The van der Waals surface area contributed by atoms with Gasteiger partial charge in [-0.3, -0.25) is 4.79 Å². The molecule has 0 aliphatic rings. The van der Waals surface area contributed by atoms with E-state index in [2.05, 4.69) is 26.2 Å². The summed E-state index contributed by atoms with van der Waals surface area (Å²) in [5.74, 6) is -0.133. The number of halogens is 1. The first-order chi connectivity index (χ1) is 9.06. The molecule has 1 aromatic heterocycles. The fourth-order valence-corrected chi connectivity index (χ4v) is 2.71. The molecule has 0 aliphatic heterocycles. The Labute approximate surface area is 124 Å².